The van der Waals surface area contributed by atoms with Crippen molar-refractivity contribution in [2.75, 3.05) is 4.43 Å². The van der Waals surface area contributed by atoms with Gasteiger partial charge < -0.3 is 0 Å². The highest BCUT2D eigenvalue weighted by Gasteiger charge is 2.25. The lowest BCUT2D eigenvalue weighted by Crippen LogP contribution is -2.18. The average molecular weight is 220 g/mol. The lowest BCUT2D eigenvalue weighted by atomic mass is 10.5. The van der Waals surface area contributed by atoms with Gasteiger partial charge in [0, 0.05) is 0 Å². The fraction of sp³-hybridized carbons (Fsp3) is 0.667. The van der Waals surface area contributed by atoms with Gasteiger partial charge in [0.2, 0.25) is 0 Å². The van der Waals surface area contributed by atoms with Crippen molar-refractivity contribution in [3.8, 4) is 0 Å². The minimum Gasteiger partial charge on any atom is -0.297 e. The van der Waals surface area contributed by atoms with Crippen LogP contribution in [0.5, 0.6) is 0 Å². The minimum atomic E-state index is -3.11. The van der Waals surface area contributed by atoms with Crippen molar-refractivity contribution in [3.63, 3.8) is 0 Å². The third-order valence-electron chi connectivity index (χ3n) is 0.351. The van der Waals surface area contributed by atoms with E-state index < -0.39 is 10.4 Å². The Labute approximate surface area is 53.2 Å². The Kier molecular flexibility index (Phi) is 2.63. The minimum absolute atomic E-state index is 0.348. The van der Waals surface area contributed by atoms with Crippen molar-refractivity contribution >= 4 is 28.9 Å². The largest absolute Gasteiger partial charge is 0.311 e. The molecule has 0 unspecified atom stereocenters. The summed E-state index contributed by atoms with van der Waals surface area (Å²) >= 11 is 1.45. The molecule has 0 rings (SSSR count). The molecule has 0 spiro atoms. The van der Waals surface area contributed by atoms with Crippen LogP contribution in [0.15, 0.2) is 0 Å². The van der Waals surface area contributed by atoms with E-state index in [1.54, 1.807) is 0 Å². The number of hydrogen-bond acceptors (Lipinski definition) is 1. The molecule has 0 aromatic carbocycles. The smallest absolute Gasteiger partial charge is 0.297 e. The number of alkyl halides is 3. The lowest BCUT2D eigenvalue weighted by molar-refractivity contribution is -0.125. The van der Waals surface area contributed by atoms with Crippen LogP contribution in [-0.4, -0.2) is 16.6 Å². The molecule has 1 nitrogen and oxygen atoms in total. The van der Waals surface area contributed by atoms with E-state index in [-0.39, 0.29) is 6.29 Å². The van der Waals surface area contributed by atoms with Crippen LogP contribution in [0.25, 0.3) is 0 Å². The van der Waals surface area contributed by atoms with Gasteiger partial charge in [-0.3, -0.25) is 4.79 Å². The summed E-state index contributed by atoms with van der Waals surface area (Å²) in [7, 11) is 0. The van der Waals surface area contributed by atoms with Crippen LogP contribution in [0.1, 0.15) is 0 Å². The Morgan fingerprint density at radius 1 is 1.71 bits per heavy atom. The van der Waals surface area contributed by atoms with Gasteiger partial charge in [-0.15, -0.1) is 0 Å². The maximum absolute atomic E-state index is 11.5. The van der Waals surface area contributed by atoms with E-state index in [0.29, 0.717) is 0 Å². The number of carbonyl (C=O) groups excluding carboxylic acids is 1. The van der Waals surface area contributed by atoms with Gasteiger partial charge in [0.15, 0.2) is 6.29 Å². The number of carbonyl (C=O) groups is 1. The van der Waals surface area contributed by atoms with Gasteiger partial charge in [-0.2, -0.15) is 8.78 Å². The Balaban J connectivity index is 3.58. The summed E-state index contributed by atoms with van der Waals surface area (Å²) in [5.41, 5.74) is 0. The molecule has 0 radical (unpaired) electrons. The summed E-state index contributed by atoms with van der Waals surface area (Å²) in [6.45, 7) is 0. The van der Waals surface area contributed by atoms with E-state index >= 15 is 0 Å². The van der Waals surface area contributed by atoms with Crippen molar-refractivity contribution in [2.24, 2.45) is 0 Å². The number of aldehydes is 1. The molecule has 0 aromatic rings. The summed E-state index contributed by atoms with van der Waals surface area (Å²) in [5, 5.41) is 0. The Bertz CT molecular complexity index is 73.3. The highest BCUT2D eigenvalue weighted by Crippen LogP contribution is 2.11. The van der Waals surface area contributed by atoms with Crippen molar-refractivity contribution in [2.45, 2.75) is 5.92 Å². The molecule has 0 aliphatic carbocycles. The summed E-state index contributed by atoms with van der Waals surface area (Å²) in [4.78, 5) is 9.30. The second kappa shape index (κ2) is 2.54. The molecule has 0 aliphatic rings. The van der Waals surface area contributed by atoms with Crippen LogP contribution in [0.4, 0.5) is 8.78 Å². The highest BCUT2D eigenvalue weighted by molar-refractivity contribution is 14.1. The molecule has 0 saturated heterocycles. The summed E-state index contributed by atoms with van der Waals surface area (Å²) in [5.74, 6) is -3.11. The monoisotopic (exact) mass is 220 g/mol. The molecule has 0 aliphatic heterocycles. The summed E-state index contributed by atoms with van der Waals surface area (Å²) in [6, 6.07) is 0. The summed E-state index contributed by atoms with van der Waals surface area (Å²) in [6.07, 6.45) is -0.348. The Morgan fingerprint density at radius 3 is 2.14 bits per heavy atom. The van der Waals surface area contributed by atoms with Gasteiger partial charge in [0.25, 0.3) is 0 Å². The fourth-order valence-electron chi connectivity index (χ4n) is 0.0315. The van der Waals surface area contributed by atoms with Crippen LogP contribution in [-0.2, 0) is 4.79 Å². The first-order valence-electron chi connectivity index (χ1n) is 1.52. The first-order chi connectivity index (χ1) is 3.12. The molecule has 0 atom stereocenters. The molecule has 4 heteroatoms. The second-order valence-corrected chi connectivity index (χ2v) is 1.78. The second-order valence-electron chi connectivity index (χ2n) is 1.01. The third-order valence-corrected chi connectivity index (χ3v) is 1.37. The predicted molar refractivity (Wildman–Crippen MR) is 29.9 cm³/mol. The van der Waals surface area contributed by atoms with Crippen LogP contribution in [0, 0.1) is 0 Å². The van der Waals surface area contributed by atoms with Gasteiger partial charge in [-0.05, 0) is 0 Å². The highest BCUT2D eigenvalue weighted by atomic mass is 127. The van der Waals surface area contributed by atoms with Crippen LogP contribution < -0.4 is 0 Å². The van der Waals surface area contributed by atoms with E-state index in [1.165, 1.54) is 22.6 Å². The average Bonchev–Trinajstić information content (AvgIpc) is 1.68. The first-order valence-corrected chi connectivity index (χ1v) is 3.05. The molecule has 0 bridgehead atoms. The molecule has 0 fully saturated rings. The van der Waals surface area contributed by atoms with Crippen LogP contribution >= 0.6 is 22.6 Å². The van der Waals surface area contributed by atoms with E-state index in [1.807, 2.05) is 0 Å². The van der Waals surface area contributed by atoms with E-state index in [9.17, 15) is 13.6 Å². The van der Waals surface area contributed by atoms with Crippen molar-refractivity contribution < 1.29 is 13.6 Å². The predicted octanol–water partition coefficient (Wildman–Crippen LogP) is 1.26. The number of hydrogen-bond donors (Lipinski definition) is 0. The van der Waals surface area contributed by atoms with Gasteiger partial charge in [0.1, 0.15) is 0 Å². The van der Waals surface area contributed by atoms with Gasteiger partial charge in [-0.25, -0.2) is 0 Å². The molecule has 42 valence electrons. The zero-order chi connectivity index (χ0) is 5.91. The van der Waals surface area contributed by atoms with Gasteiger partial charge in [0.05, 0.1) is 4.43 Å². The Hall–Kier alpha value is 0.260. The van der Waals surface area contributed by atoms with E-state index in [4.69, 9.17) is 0 Å². The zero-order valence-corrected chi connectivity index (χ0v) is 5.48. The molecule has 0 aromatic heterocycles. The Morgan fingerprint density at radius 2 is 2.14 bits per heavy atom. The first kappa shape index (κ1) is 7.26. The molecule has 0 N–H and O–H groups in total. The quantitative estimate of drug-likeness (QED) is 0.389. The summed E-state index contributed by atoms with van der Waals surface area (Å²) < 4.78 is 22.6. The number of rotatable bonds is 2. The van der Waals surface area contributed by atoms with Gasteiger partial charge >= 0.3 is 5.92 Å². The molecular weight excluding hydrogens is 217 g/mol. The molecule has 0 amide bonds. The molecule has 0 heterocycles. The fourth-order valence-corrected chi connectivity index (χ4v) is 0.211. The van der Waals surface area contributed by atoms with Crippen molar-refractivity contribution in [1.29, 1.82) is 0 Å². The maximum Gasteiger partial charge on any atom is 0.311 e. The van der Waals surface area contributed by atoms with E-state index in [0.717, 1.165) is 0 Å². The van der Waals surface area contributed by atoms with Crippen LogP contribution in [0.2, 0.25) is 0 Å². The SMILES string of the molecule is O=CC(F)(F)CI. The lowest BCUT2D eigenvalue weighted by Gasteiger charge is -1.99. The van der Waals surface area contributed by atoms with Crippen LogP contribution in [0.3, 0.4) is 0 Å². The van der Waals surface area contributed by atoms with E-state index in [2.05, 4.69) is 0 Å². The third kappa shape index (κ3) is 2.90. The van der Waals surface area contributed by atoms with Crippen molar-refractivity contribution in [1.82, 2.24) is 0 Å². The topological polar surface area (TPSA) is 17.1 Å². The van der Waals surface area contributed by atoms with Gasteiger partial charge in [-0.1, -0.05) is 22.6 Å². The molecule has 7 heavy (non-hydrogen) atoms. The molecule has 0 saturated carbocycles. The normalized spacial score (nSPS) is 11.3. The number of halogens is 3. The maximum atomic E-state index is 11.5. The zero-order valence-electron chi connectivity index (χ0n) is 3.33. The van der Waals surface area contributed by atoms with Crippen molar-refractivity contribution in [3.05, 3.63) is 0 Å². The standard InChI is InChI=1S/C3H3F2IO/c4-3(5,1-6)2-7/h2H,1H2. The molecular formula is C3H3F2IO.